The molecule has 0 N–H and O–H groups in total. The maximum Gasteiger partial charge on any atom is 0.389 e. The molecule has 0 bridgehead atoms. The third-order valence-electron chi connectivity index (χ3n) is 2.24. The van der Waals surface area contributed by atoms with E-state index in [9.17, 15) is 4.57 Å². The van der Waals surface area contributed by atoms with Crippen LogP contribution in [-0.4, -0.2) is 19.0 Å². The molecule has 0 aliphatic carbocycles. The van der Waals surface area contributed by atoms with Gasteiger partial charge in [-0.3, -0.25) is 0 Å². The lowest BCUT2D eigenvalue weighted by Crippen LogP contribution is -1.97. The summed E-state index contributed by atoms with van der Waals surface area (Å²) in [6, 6.07) is 0. The highest BCUT2D eigenvalue weighted by molar-refractivity contribution is 8.55. The summed E-state index contributed by atoms with van der Waals surface area (Å²) in [7, 11) is 0. The van der Waals surface area contributed by atoms with Crippen molar-refractivity contribution in [1.82, 2.24) is 0 Å². The Morgan fingerprint density at radius 3 is 1.76 bits per heavy atom. The molecule has 0 rings (SSSR count). The Hall–Kier alpha value is 0.500. The monoisotopic (exact) mass is 282 g/mol. The van der Waals surface area contributed by atoms with Crippen molar-refractivity contribution < 1.29 is 13.6 Å². The first kappa shape index (κ1) is 17.5. The molecule has 0 saturated carbocycles. The Morgan fingerprint density at radius 1 is 0.882 bits per heavy atom. The maximum absolute atomic E-state index is 12.4. The average molecular weight is 282 g/mol. The Labute approximate surface area is 110 Å². The highest BCUT2D eigenvalue weighted by Crippen LogP contribution is 2.60. The van der Waals surface area contributed by atoms with Crippen molar-refractivity contribution in [3.8, 4) is 0 Å². The first-order chi connectivity index (χ1) is 8.18. The molecule has 0 fully saturated rings. The van der Waals surface area contributed by atoms with Crippen LogP contribution in [0.15, 0.2) is 0 Å². The van der Waals surface area contributed by atoms with Gasteiger partial charge in [0.25, 0.3) is 0 Å². The molecule has 0 atom stereocenters. The summed E-state index contributed by atoms with van der Waals surface area (Å²) in [5, 5.41) is 0. The lowest BCUT2D eigenvalue weighted by atomic mass is 10.4. The quantitative estimate of drug-likeness (QED) is 0.361. The summed E-state index contributed by atoms with van der Waals surface area (Å²) in [5.41, 5.74) is 0. The van der Waals surface area contributed by atoms with Crippen molar-refractivity contribution >= 4 is 18.2 Å². The Balaban J connectivity index is 4.00. The first-order valence-corrected chi connectivity index (χ1v) is 9.85. The highest BCUT2D eigenvalue weighted by Gasteiger charge is 2.24. The van der Waals surface area contributed by atoms with Gasteiger partial charge in [-0.05, 0) is 30.6 Å². The number of unbranched alkanes of at least 4 members (excludes halogenated alkanes) is 3. The van der Waals surface area contributed by atoms with Gasteiger partial charge in [0.05, 0.1) is 13.2 Å². The van der Waals surface area contributed by atoms with E-state index in [1.54, 1.807) is 0 Å². The minimum atomic E-state index is -2.89. The van der Waals surface area contributed by atoms with Crippen LogP contribution in [0.4, 0.5) is 0 Å². The van der Waals surface area contributed by atoms with Crippen LogP contribution in [-0.2, 0) is 13.6 Å². The molecule has 17 heavy (non-hydrogen) atoms. The highest BCUT2D eigenvalue weighted by atomic mass is 32.7. The van der Waals surface area contributed by atoms with Gasteiger partial charge in [0.2, 0.25) is 0 Å². The van der Waals surface area contributed by atoms with Crippen molar-refractivity contribution in [3.63, 3.8) is 0 Å². The fraction of sp³-hybridized carbons (Fsp3) is 1.00. The minimum absolute atomic E-state index is 0.541. The molecular formula is C12H27O3PS. The van der Waals surface area contributed by atoms with E-state index in [2.05, 4.69) is 20.8 Å². The van der Waals surface area contributed by atoms with E-state index in [4.69, 9.17) is 9.05 Å². The van der Waals surface area contributed by atoms with Crippen molar-refractivity contribution in [3.05, 3.63) is 0 Å². The lowest BCUT2D eigenvalue weighted by molar-refractivity contribution is 0.215. The zero-order valence-corrected chi connectivity index (χ0v) is 13.2. The molecule has 0 heterocycles. The molecule has 0 aromatic heterocycles. The van der Waals surface area contributed by atoms with Crippen LogP contribution in [0.1, 0.15) is 59.3 Å². The smallest absolute Gasteiger partial charge is 0.301 e. The normalized spacial score (nSPS) is 11.9. The van der Waals surface area contributed by atoms with Gasteiger partial charge in [-0.15, -0.1) is 0 Å². The third-order valence-corrected chi connectivity index (χ3v) is 6.16. The van der Waals surface area contributed by atoms with E-state index in [0.29, 0.717) is 13.2 Å². The standard InChI is InChI=1S/C12H27O3PS/c1-4-7-10-14-16(13,15-11-8-5-2)17-12-9-6-3/h4-12H2,1-3H3. The summed E-state index contributed by atoms with van der Waals surface area (Å²) in [4.78, 5) is 0. The summed E-state index contributed by atoms with van der Waals surface area (Å²) >= 11 is 1.36. The van der Waals surface area contributed by atoms with Crippen molar-refractivity contribution in [2.75, 3.05) is 19.0 Å². The molecule has 0 aromatic rings. The van der Waals surface area contributed by atoms with Gasteiger partial charge < -0.3 is 9.05 Å². The Morgan fingerprint density at radius 2 is 1.35 bits per heavy atom. The molecule has 0 unspecified atom stereocenters. The van der Waals surface area contributed by atoms with Crippen LogP contribution in [0.25, 0.3) is 0 Å². The van der Waals surface area contributed by atoms with Crippen molar-refractivity contribution in [2.45, 2.75) is 59.3 Å². The maximum atomic E-state index is 12.4. The van der Waals surface area contributed by atoms with Crippen molar-refractivity contribution in [2.24, 2.45) is 0 Å². The van der Waals surface area contributed by atoms with Crippen LogP contribution in [0, 0.1) is 0 Å². The largest absolute Gasteiger partial charge is 0.389 e. The topological polar surface area (TPSA) is 35.5 Å². The molecule has 0 amide bonds. The summed E-state index contributed by atoms with van der Waals surface area (Å²) in [6.45, 7) is 4.50. The summed E-state index contributed by atoms with van der Waals surface area (Å²) in [5.74, 6) is 0.853. The van der Waals surface area contributed by atoms with E-state index >= 15 is 0 Å². The number of hydrogen-bond donors (Lipinski definition) is 0. The van der Waals surface area contributed by atoms with E-state index in [0.717, 1.165) is 44.3 Å². The zero-order chi connectivity index (χ0) is 13.0. The second kappa shape index (κ2) is 11.6. The molecule has 5 heteroatoms. The van der Waals surface area contributed by atoms with Crippen molar-refractivity contribution in [1.29, 1.82) is 0 Å². The van der Waals surface area contributed by atoms with E-state index in [1.807, 2.05) is 0 Å². The van der Waals surface area contributed by atoms with E-state index in [1.165, 1.54) is 11.4 Å². The van der Waals surface area contributed by atoms with Gasteiger partial charge in [0, 0.05) is 5.75 Å². The predicted octanol–water partition coefficient (Wildman–Crippen LogP) is 5.26. The van der Waals surface area contributed by atoms with Crippen LogP contribution in [0.5, 0.6) is 0 Å². The molecule has 0 aliphatic rings. The van der Waals surface area contributed by atoms with E-state index in [-0.39, 0.29) is 0 Å². The Bertz CT molecular complexity index is 179. The molecule has 104 valence electrons. The van der Waals surface area contributed by atoms with Crippen LogP contribution in [0.2, 0.25) is 0 Å². The number of hydrogen-bond acceptors (Lipinski definition) is 4. The second-order valence-corrected chi connectivity index (χ2v) is 8.20. The molecule has 0 spiro atoms. The predicted molar refractivity (Wildman–Crippen MR) is 76.7 cm³/mol. The minimum Gasteiger partial charge on any atom is -0.301 e. The van der Waals surface area contributed by atoms with Gasteiger partial charge in [0.1, 0.15) is 0 Å². The zero-order valence-electron chi connectivity index (χ0n) is 11.4. The summed E-state index contributed by atoms with van der Waals surface area (Å²) < 4.78 is 23.3. The fourth-order valence-electron chi connectivity index (χ4n) is 1.07. The molecular weight excluding hydrogens is 255 g/mol. The van der Waals surface area contributed by atoms with Gasteiger partial charge >= 0.3 is 6.80 Å². The lowest BCUT2D eigenvalue weighted by Gasteiger charge is -2.17. The molecule has 0 aromatic carbocycles. The summed E-state index contributed by atoms with van der Waals surface area (Å²) in [6.07, 6.45) is 6.15. The first-order valence-electron chi connectivity index (χ1n) is 6.72. The van der Waals surface area contributed by atoms with Gasteiger partial charge in [-0.2, -0.15) is 0 Å². The third kappa shape index (κ3) is 10.1. The van der Waals surface area contributed by atoms with Crippen LogP contribution < -0.4 is 0 Å². The van der Waals surface area contributed by atoms with Gasteiger partial charge in [-0.1, -0.05) is 40.0 Å². The fourth-order valence-corrected chi connectivity index (χ4v) is 4.60. The Kier molecular flexibility index (Phi) is 11.9. The molecule has 0 saturated heterocycles. The average Bonchev–Trinajstić information content (AvgIpc) is 2.30. The van der Waals surface area contributed by atoms with Gasteiger partial charge in [-0.25, -0.2) is 4.57 Å². The molecule has 3 nitrogen and oxygen atoms in total. The van der Waals surface area contributed by atoms with Crippen LogP contribution >= 0.6 is 18.2 Å². The number of rotatable bonds is 12. The SMILES string of the molecule is CCCCOP(=O)(OCCCC)SCCCC. The second-order valence-electron chi connectivity index (χ2n) is 4.01. The van der Waals surface area contributed by atoms with Crippen LogP contribution in [0.3, 0.4) is 0 Å². The molecule has 0 aliphatic heterocycles. The van der Waals surface area contributed by atoms with E-state index < -0.39 is 6.80 Å². The molecule has 0 radical (unpaired) electrons. The van der Waals surface area contributed by atoms with Gasteiger partial charge in [0.15, 0.2) is 0 Å².